The van der Waals surface area contributed by atoms with Crippen molar-refractivity contribution in [2.45, 2.75) is 51.5 Å². The molecule has 0 aromatic rings. The van der Waals surface area contributed by atoms with E-state index in [2.05, 4.69) is 12.2 Å². The molecule has 0 aromatic heterocycles. The lowest BCUT2D eigenvalue weighted by Gasteiger charge is -2.28. The normalized spacial score (nSPS) is 25.1. The Kier molecular flexibility index (Phi) is 8.67. The minimum absolute atomic E-state index is 0.736. The Morgan fingerprint density at radius 2 is 1.82 bits per heavy atom. The maximum atomic E-state index is 5.53. The van der Waals surface area contributed by atoms with Gasteiger partial charge < -0.3 is 14.8 Å². The van der Waals surface area contributed by atoms with Crippen molar-refractivity contribution in [2.75, 3.05) is 33.5 Å². The van der Waals surface area contributed by atoms with Gasteiger partial charge in [-0.1, -0.05) is 13.3 Å². The summed E-state index contributed by atoms with van der Waals surface area (Å²) in [4.78, 5) is 0. The van der Waals surface area contributed by atoms with E-state index in [-0.39, 0.29) is 0 Å². The summed E-state index contributed by atoms with van der Waals surface area (Å²) in [6, 6.07) is 0.736. The molecule has 0 unspecified atom stereocenters. The van der Waals surface area contributed by atoms with Crippen LogP contribution in [0.5, 0.6) is 0 Å². The molecule has 0 aliphatic heterocycles. The zero-order valence-corrected chi connectivity index (χ0v) is 11.5. The van der Waals surface area contributed by atoms with Crippen molar-refractivity contribution in [3.63, 3.8) is 0 Å². The highest BCUT2D eigenvalue weighted by Crippen LogP contribution is 2.26. The van der Waals surface area contributed by atoms with E-state index in [1.165, 1.54) is 32.1 Å². The number of rotatable bonds is 9. The maximum Gasteiger partial charge on any atom is 0.0591 e. The third-order valence-electron chi connectivity index (χ3n) is 3.74. The minimum Gasteiger partial charge on any atom is -0.385 e. The summed E-state index contributed by atoms with van der Waals surface area (Å²) in [6.07, 6.45) is 7.86. The summed E-state index contributed by atoms with van der Waals surface area (Å²) >= 11 is 0. The van der Waals surface area contributed by atoms with Gasteiger partial charge in [-0.15, -0.1) is 0 Å². The van der Waals surface area contributed by atoms with Crippen molar-refractivity contribution in [1.29, 1.82) is 0 Å². The second-order valence-electron chi connectivity index (χ2n) is 5.04. The first-order valence-electron chi connectivity index (χ1n) is 7.16. The van der Waals surface area contributed by atoms with E-state index >= 15 is 0 Å². The molecule has 0 bridgehead atoms. The molecule has 1 N–H and O–H groups in total. The lowest BCUT2D eigenvalue weighted by Crippen LogP contribution is -2.35. The van der Waals surface area contributed by atoms with Gasteiger partial charge in [0.05, 0.1) is 6.61 Å². The van der Waals surface area contributed by atoms with E-state index in [0.717, 1.165) is 44.7 Å². The summed E-state index contributed by atoms with van der Waals surface area (Å²) in [5.41, 5.74) is 0. The van der Waals surface area contributed by atoms with Crippen LogP contribution in [0.15, 0.2) is 0 Å². The fourth-order valence-electron chi connectivity index (χ4n) is 2.52. The minimum atomic E-state index is 0.736. The van der Waals surface area contributed by atoms with Crippen LogP contribution in [0, 0.1) is 5.92 Å². The number of hydrogen-bond donors (Lipinski definition) is 1. The maximum absolute atomic E-state index is 5.53. The molecular formula is C14H29NO2. The Bertz CT molecular complexity index is 168. The average Bonchev–Trinajstić information content (AvgIpc) is 2.38. The van der Waals surface area contributed by atoms with Gasteiger partial charge in [-0.2, -0.15) is 0 Å². The molecule has 3 heteroatoms. The van der Waals surface area contributed by atoms with Crippen LogP contribution in [0.3, 0.4) is 0 Å². The Morgan fingerprint density at radius 1 is 1.06 bits per heavy atom. The Morgan fingerprint density at radius 3 is 2.47 bits per heavy atom. The second kappa shape index (κ2) is 9.86. The summed E-state index contributed by atoms with van der Waals surface area (Å²) < 4.78 is 10.5. The van der Waals surface area contributed by atoms with E-state index in [4.69, 9.17) is 9.47 Å². The molecule has 0 heterocycles. The number of ether oxygens (including phenoxy) is 2. The molecule has 1 fully saturated rings. The Balaban J connectivity index is 1.87. The van der Waals surface area contributed by atoms with Crippen molar-refractivity contribution >= 4 is 0 Å². The van der Waals surface area contributed by atoms with Gasteiger partial charge in [-0.05, 0) is 38.0 Å². The van der Waals surface area contributed by atoms with Gasteiger partial charge in [0.2, 0.25) is 0 Å². The Hall–Kier alpha value is -0.120. The molecule has 17 heavy (non-hydrogen) atoms. The third-order valence-corrected chi connectivity index (χ3v) is 3.74. The van der Waals surface area contributed by atoms with Crippen molar-refractivity contribution in [2.24, 2.45) is 5.92 Å². The van der Waals surface area contributed by atoms with Crippen LogP contribution < -0.4 is 5.32 Å². The largest absolute Gasteiger partial charge is 0.385 e. The predicted octanol–water partition coefficient (Wildman–Crippen LogP) is 2.60. The van der Waals surface area contributed by atoms with E-state index in [0.29, 0.717) is 0 Å². The van der Waals surface area contributed by atoms with Crippen molar-refractivity contribution in [3.05, 3.63) is 0 Å². The zero-order valence-electron chi connectivity index (χ0n) is 11.5. The summed E-state index contributed by atoms with van der Waals surface area (Å²) in [6.45, 7) is 5.75. The molecule has 0 atom stereocenters. The molecule has 1 aliphatic carbocycles. The van der Waals surface area contributed by atoms with E-state index in [9.17, 15) is 0 Å². The van der Waals surface area contributed by atoms with Gasteiger partial charge in [0.15, 0.2) is 0 Å². The molecule has 0 aromatic carbocycles. The summed E-state index contributed by atoms with van der Waals surface area (Å²) in [5, 5.41) is 3.60. The Labute approximate surface area is 106 Å². The molecule has 1 aliphatic rings. The molecular weight excluding hydrogens is 214 g/mol. The van der Waals surface area contributed by atoms with Crippen LogP contribution in [0.1, 0.15) is 45.4 Å². The van der Waals surface area contributed by atoms with Crippen molar-refractivity contribution in [3.8, 4) is 0 Å². The van der Waals surface area contributed by atoms with Crippen molar-refractivity contribution in [1.82, 2.24) is 5.32 Å². The van der Waals surface area contributed by atoms with Gasteiger partial charge in [0, 0.05) is 32.9 Å². The van der Waals surface area contributed by atoms with Crippen LogP contribution in [-0.2, 0) is 9.47 Å². The number of methoxy groups -OCH3 is 1. The summed E-state index contributed by atoms with van der Waals surface area (Å²) in [7, 11) is 1.73. The highest BCUT2D eigenvalue weighted by atomic mass is 16.5. The average molecular weight is 243 g/mol. The fourth-order valence-corrected chi connectivity index (χ4v) is 2.52. The molecule has 1 rings (SSSR count). The highest BCUT2D eigenvalue weighted by Gasteiger charge is 2.18. The van der Waals surface area contributed by atoms with Gasteiger partial charge >= 0.3 is 0 Å². The topological polar surface area (TPSA) is 30.5 Å². The number of nitrogens with one attached hydrogen (secondary N) is 1. The zero-order chi connectivity index (χ0) is 12.3. The number of hydrogen-bond acceptors (Lipinski definition) is 3. The lowest BCUT2D eigenvalue weighted by molar-refractivity contribution is 0.101. The first-order chi connectivity index (χ1) is 8.36. The van der Waals surface area contributed by atoms with E-state index in [1.54, 1.807) is 7.11 Å². The van der Waals surface area contributed by atoms with Crippen LogP contribution in [0.2, 0.25) is 0 Å². The van der Waals surface area contributed by atoms with Gasteiger partial charge in [-0.3, -0.25) is 0 Å². The first kappa shape index (κ1) is 14.9. The molecule has 1 saturated carbocycles. The van der Waals surface area contributed by atoms with E-state index < -0.39 is 0 Å². The van der Waals surface area contributed by atoms with E-state index in [1.807, 2.05) is 0 Å². The third kappa shape index (κ3) is 7.02. The lowest BCUT2D eigenvalue weighted by atomic mass is 9.84. The predicted molar refractivity (Wildman–Crippen MR) is 71.4 cm³/mol. The van der Waals surface area contributed by atoms with Gasteiger partial charge in [0.1, 0.15) is 0 Å². The smallest absolute Gasteiger partial charge is 0.0591 e. The molecule has 0 saturated heterocycles. The second-order valence-corrected chi connectivity index (χ2v) is 5.04. The molecule has 102 valence electrons. The van der Waals surface area contributed by atoms with Crippen LogP contribution >= 0.6 is 0 Å². The first-order valence-corrected chi connectivity index (χ1v) is 7.16. The van der Waals surface area contributed by atoms with Crippen LogP contribution in [0.4, 0.5) is 0 Å². The molecule has 3 nitrogen and oxygen atoms in total. The monoisotopic (exact) mass is 243 g/mol. The highest BCUT2D eigenvalue weighted by molar-refractivity contribution is 4.76. The molecule has 0 spiro atoms. The van der Waals surface area contributed by atoms with Gasteiger partial charge in [0.25, 0.3) is 0 Å². The van der Waals surface area contributed by atoms with Crippen LogP contribution in [0.25, 0.3) is 0 Å². The van der Waals surface area contributed by atoms with Crippen LogP contribution in [-0.4, -0.2) is 39.5 Å². The standard InChI is InChI=1S/C14H29NO2/c1-3-13-5-7-14(8-6-13)15-9-12-17-11-4-10-16-2/h13-15H,3-12H2,1-2H3. The molecule has 0 amide bonds. The quantitative estimate of drug-likeness (QED) is 0.631. The molecule has 0 radical (unpaired) electrons. The fraction of sp³-hybridized carbons (Fsp3) is 1.00. The van der Waals surface area contributed by atoms with Gasteiger partial charge in [-0.25, -0.2) is 0 Å². The SMILES string of the molecule is CCC1CCC(NCCOCCCOC)CC1. The summed E-state index contributed by atoms with van der Waals surface area (Å²) in [5.74, 6) is 0.985. The van der Waals surface area contributed by atoms with Crippen molar-refractivity contribution < 1.29 is 9.47 Å².